The minimum atomic E-state index is -0.171. The lowest BCUT2D eigenvalue weighted by atomic mass is 9.93. The first-order chi connectivity index (χ1) is 7.29. The summed E-state index contributed by atoms with van der Waals surface area (Å²) in [5, 5.41) is 3.50. The van der Waals surface area contributed by atoms with Crippen molar-refractivity contribution in [1.29, 1.82) is 0 Å². The van der Waals surface area contributed by atoms with Crippen LogP contribution in [0.4, 0.5) is 4.39 Å². The summed E-state index contributed by atoms with van der Waals surface area (Å²) in [6.07, 6.45) is 5.43. The van der Waals surface area contributed by atoms with Crippen molar-refractivity contribution in [3.05, 3.63) is 48.3 Å². The van der Waals surface area contributed by atoms with Crippen LogP contribution in [0, 0.1) is 5.82 Å². The SMILES string of the molecule is C=C[C@@H]1CCCC(c2ccc(F)cc2)N1. The largest absolute Gasteiger partial charge is 0.304 e. The number of piperidine rings is 1. The van der Waals surface area contributed by atoms with Crippen LogP contribution in [-0.4, -0.2) is 6.04 Å². The van der Waals surface area contributed by atoms with Gasteiger partial charge in [0.1, 0.15) is 5.82 Å². The van der Waals surface area contributed by atoms with E-state index in [1.165, 1.54) is 24.1 Å². The molecule has 1 nitrogen and oxygen atoms in total. The highest BCUT2D eigenvalue weighted by Crippen LogP contribution is 2.25. The normalized spacial score (nSPS) is 26.2. The molecule has 0 radical (unpaired) electrons. The minimum absolute atomic E-state index is 0.171. The van der Waals surface area contributed by atoms with Crippen LogP contribution in [-0.2, 0) is 0 Å². The molecular weight excluding hydrogens is 189 g/mol. The van der Waals surface area contributed by atoms with Crippen molar-refractivity contribution >= 4 is 0 Å². The van der Waals surface area contributed by atoms with Gasteiger partial charge in [0.25, 0.3) is 0 Å². The average molecular weight is 205 g/mol. The van der Waals surface area contributed by atoms with Gasteiger partial charge < -0.3 is 5.32 Å². The van der Waals surface area contributed by atoms with E-state index >= 15 is 0 Å². The number of hydrogen-bond donors (Lipinski definition) is 1. The maximum Gasteiger partial charge on any atom is 0.123 e. The van der Waals surface area contributed by atoms with Gasteiger partial charge in [-0.25, -0.2) is 4.39 Å². The molecule has 0 amide bonds. The van der Waals surface area contributed by atoms with Gasteiger partial charge in [-0.1, -0.05) is 18.2 Å². The van der Waals surface area contributed by atoms with Crippen LogP contribution in [0.1, 0.15) is 30.9 Å². The number of halogens is 1. The molecule has 0 spiro atoms. The highest BCUT2D eigenvalue weighted by molar-refractivity contribution is 5.21. The number of nitrogens with one attached hydrogen (secondary N) is 1. The predicted molar refractivity (Wildman–Crippen MR) is 60.1 cm³/mol. The molecular formula is C13H16FN. The van der Waals surface area contributed by atoms with Crippen molar-refractivity contribution < 1.29 is 4.39 Å². The zero-order valence-electron chi connectivity index (χ0n) is 8.75. The zero-order valence-corrected chi connectivity index (χ0v) is 8.75. The van der Waals surface area contributed by atoms with E-state index in [1.54, 1.807) is 0 Å². The molecule has 15 heavy (non-hydrogen) atoms. The van der Waals surface area contributed by atoms with Gasteiger partial charge in [0.05, 0.1) is 0 Å². The Morgan fingerprint density at radius 3 is 2.67 bits per heavy atom. The second kappa shape index (κ2) is 4.58. The molecule has 1 aromatic carbocycles. The summed E-state index contributed by atoms with van der Waals surface area (Å²) < 4.78 is 12.8. The first-order valence-electron chi connectivity index (χ1n) is 5.43. The monoisotopic (exact) mass is 205 g/mol. The van der Waals surface area contributed by atoms with Gasteiger partial charge in [0.2, 0.25) is 0 Å². The standard InChI is InChI=1S/C13H16FN/c1-2-12-4-3-5-13(15-12)10-6-8-11(14)9-7-10/h2,6-9,12-13,15H,1,3-5H2/t12-,13?/m1/s1. The van der Waals surface area contributed by atoms with Crippen molar-refractivity contribution in [2.75, 3.05) is 0 Å². The van der Waals surface area contributed by atoms with Gasteiger partial charge >= 0.3 is 0 Å². The second-order valence-corrected chi connectivity index (χ2v) is 4.04. The highest BCUT2D eigenvalue weighted by Gasteiger charge is 2.19. The summed E-state index contributed by atoms with van der Waals surface area (Å²) in [4.78, 5) is 0. The fourth-order valence-corrected chi connectivity index (χ4v) is 2.11. The van der Waals surface area contributed by atoms with Crippen LogP contribution < -0.4 is 5.32 Å². The molecule has 2 heteroatoms. The second-order valence-electron chi connectivity index (χ2n) is 4.04. The van der Waals surface area contributed by atoms with Crippen LogP contribution in [0.3, 0.4) is 0 Å². The molecule has 1 unspecified atom stereocenters. The van der Waals surface area contributed by atoms with Gasteiger partial charge in [-0.2, -0.15) is 0 Å². The third-order valence-electron chi connectivity index (χ3n) is 2.98. The lowest BCUT2D eigenvalue weighted by molar-refractivity contribution is 0.363. The molecule has 1 aliphatic heterocycles. The van der Waals surface area contributed by atoms with Crippen molar-refractivity contribution in [2.45, 2.75) is 31.3 Å². The van der Waals surface area contributed by atoms with E-state index in [4.69, 9.17) is 0 Å². The molecule has 0 aliphatic carbocycles. The van der Waals surface area contributed by atoms with E-state index in [2.05, 4.69) is 11.9 Å². The zero-order chi connectivity index (χ0) is 10.7. The van der Waals surface area contributed by atoms with Gasteiger partial charge in [-0.05, 0) is 37.0 Å². The van der Waals surface area contributed by atoms with E-state index in [0.717, 1.165) is 12.8 Å². The Bertz CT molecular complexity index is 331. The quantitative estimate of drug-likeness (QED) is 0.731. The molecule has 1 saturated heterocycles. The van der Waals surface area contributed by atoms with Crippen molar-refractivity contribution in [3.8, 4) is 0 Å². The minimum Gasteiger partial charge on any atom is -0.304 e. The molecule has 0 bridgehead atoms. The summed E-state index contributed by atoms with van der Waals surface area (Å²) >= 11 is 0. The number of hydrogen-bond acceptors (Lipinski definition) is 1. The van der Waals surface area contributed by atoms with Gasteiger partial charge in [-0.15, -0.1) is 6.58 Å². The summed E-state index contributed by atoms with van der Waals surface area (Å²) in [5.41, 5.74) is 1.17. The first-order valence-corrected chi connectivity index (χ1v) is 5.43. The van der Waals surface area contributed by atoms with E-state index in [0.29, 0.717) is 12.1 Å². The fourth-order valence-electron chi connectivity index (χ4n) is 2.11. The van der Waals surface area contributed by atoms with Gasteiger partial charge in [0.15, 0.2) is 0 Å². The van der Waals surface area contributed by atoms with E-state index in [-0.39, 0.29) is 5.82 Å². The predicted octanol–water partition coefficient (Wildman–Crippen LogP) is 3.19. The van der Waals surface area contributed by atoms with Gasteiger partial charge in [0, 0.05) is 12.1 Å². The van der Waals surface area contributed by atoms with Crippen molar-refractivity contribution in [2.24, 2.45) is 0 Å². The third-order valence-corrected chi connectivity index (χ3v) is 2.98. The Morgan fingerprint density at radius 2 is 2.00 bits per heavy atom. The Balaban J connectivity index is 2.09. The molecule has 2 rings (SSSR count). The summed E-state index contributed by atoms with van der Waals surface area (Å²) in [5.74, 6) is -0.171. The van der Waals surface area contributed by atoms with Crippen LogP contribution in [0.2, 0.25) is 0 Å². The van der Waals surface area contributed by atoms with E-state index in [9.17, 15) is 4.39 Å². The van der Waals surface area contributed by atoms with E-state index in [1.807, 2.05) is 18.2 Å². The lowest BCUT2D eigenvalue weighted by Crippen LogP contribution is -2.35. The average Bonchev–Trinajstić information content (AvgIpc) is 2.30. The summed E-state index contributed by atoms with van der Waals surface area (Å²) in [6.45, 7) is 3.80. The highest BCUT2D eigenvalue weighted by atomic mass is 19.1. The Hall–Kier alpha value is -1.15. The van der Waals surface area contributed by atoms with Crippen LogP contribution in [0.15, 0.2) is 36.9 Å². The number of rotatable bonds is 2. The van der Waals surface area contributed by atoms with E-state index < -0.39 is 0 Å². The molecule has 1 fully saturated rings. The molecule has 0 saturated carbocycles. The molecule has 1 heterocycles. The third kappa shape index (κ3) is 2.45. The van der Waals surface area contributed by atoms with Gasteiger partial charge in [-0.3, -0.25) is 0 Å². The summed E-state index contributed by atoms with van der Waals surface area (Å²) in [7, 11) is 0. The molecule has 80 valence electrons. The molecule has 1 aromatic rings. The number of benzene rings is 1. The van der Waals surface area contributed by atoms with Crippen LogP contribution in [0.5, 0.6) is 0 Å². The Labute approximate surface area is 90.0 Å². The maximum atomic E-state index is 12.8. The maximum absolute atomic E-state index is 12.8. The Morgan fingerprint density at radius 1 is 1.27 bits per heavy atom. The topological polar surface area (TPSA) is 12.0 Å². The smallest absolute Gasteiger partial charge is 0.123 e. The van der Waals surface area contributed by atoms with Crippen LogP contribution >= 0.6 is 0 Å². The molecule has 1 aliphatic rings. The van der Waals surface area contributed by atoms with Crippen LogP contribution in [0.25, 0.3) is 0 Å². The van der Waals surface area contributed by atoms with Crippen molar-refractivity contribution in [1.82, 2.24) is 5.32 Å². The first kappa shape index (κ1) is 10.4. The molecule has 0 aromatic heterocycles. The summed E-state index contributed by atoms with van der Waals surface area (Å²) in [6, 6.07) is 7.51. The Kier molecular flexibility index (Phi) is 3.17. The lowest BCUT2D eigenvalue weighted by Gasteiger charge is -2.29. The molecule has 2 atom stereocenters. The molecule has 1 N–H and O–H groups in total. The van der Waals surface area contributed by atoms with Crippen molar-refractivity contribution in [3.63, 3.8) is 0 Å². The fraction of sp³-hybridized carbons (Fsp3) is 0.385.